The third-order valence-electron chi connectivity index (χ3n) is 6.30. The van der Waals surface area contributed by atoms with Gasteiger partial charge in [-0.25, -0.2) is 4.79 Å². The van der Waals surface area contributed by atoms with Crippen molar-refractivity contribution in [1.29, 1.82) is 0 Å². The molecule has 4 rings (SSSR count). The number of benzene rings is 1. The summed E-state index contributed by atoms with van der Waals surface area (Å²) in [6.07, 6.45) is 5.34. The molecule has 1 atom stereocenters. The summed E-state index contributed by atoms with van der Waals surface area (Å²) in [7, 11) is 1.77. The molecule has 1 unspecified atom stereocenters. The highest BCUT2D eigenvalue weighted by Crippen LogP contribution is 2.34. The third kappa shape index (κ3) is 4.19. The largest absolute Gasteiger partial charge is 0.478 e. The molecular formula is C22H28N4O3. The first kappa shape index (κ1) is 19.6. The molecule has 1 aliphatic heterocycles. The lowest BCUT2D eigenvalue weighted by molar-refractivity contribution is -0.133. The molecule has 1 saturated heterocycles. The summed E-state index contributed by atoms with van der Waals surface area (Å²) in [4.78, 5) is 28.4. The minimum Gasteiger partial charge on any atom is -0.478 e. The van der Waals surface area contributed by atoms with Crippen molar-refractivity contribution >= 4 is 11.9 Å². The zero-order valence-electron chi connectivity index (χ0n) is 16.9. The van der Waals surface area contributed by atoms with Crippen molar-refractivity contribution in [2.24, 2.45) is 7.05 Å². The van der Waals surface area contributed by atoms with Gasteiger partial charge in [0.05, 0.1) is 11.9 Å². The molecule has 1 fully saturated rings. The molecule has 0 saturated carbocycles. The van der Waals surface area contributed by atoms with Crippen LogP contribution in [0.3, 0.4) is 0 Å². The standard InChI is InChI=1S/C22H28N4O3/c1-24-20(19(14-23-24)22(28)29)15-25-9-11-26(12-10-25)21(27)13-17-7-4-6-16-5-2-3-8-18(16)17/h2-3,5,8,14,17H,4,6-7,9-13,15H2,1H3,(H,28,29). The lowest BCUT2D eigenvalue weighted by atomic mass is 9.81. The Hall–Kier alpha value is -2.67. The number of nitrogens with zero attached hydrogens (tertiary/aromatic N) is 4. The number of aromatic carboxylic acids is 1. The number of carbonyl (C=O) groups excluding carboxylic acids is 1. The quantitative estimate of drug-likeness (QED) is 0.839. The molecule has 29 heavy (non-hydrogen) atoms. The van der Waals surface area contributed by atoms with E-state index in [1.54, 1.807) is 11.7 Å². The number of hydrogen-bond donors (Lipinski definition) is 1. The number of amides is 1. The number of carboxylic acids is 1. The van der Waals surface area contributed by atoms with Crippen LogP contribution < -0.4 is 0 Å². The Morgan fingerprint density at radius 2 is 1.93 bits per heavy atom. The van der Waals surface area contributed by atoms with E-state index in [0.717, 1.165) is 32.4 Å². The van der Waals surface area contributed by atoms with Crippen molar-refractivity contribution in [3.05, 3.63) is 52.8 Å². The summed E-state index contributed by atoms with van der Waals surface area (Å²) in [6, 6.07) is 8.53. The highest BCUT2D eigenvalue weighted by Gasteiger charge is 2.27. The maximum absolute atomic E-state index is 12.9. The van der Waals surface area contributed by atoms with E-state index >= 15 is 0 Å². The van der Waals surface area contributed by atoms with Gasteiger partial charge in [0.25, 0.3) is 0 Å². The van der Waals surface area contributed by atoms with Crippen LogP contribution in [0.15, 0.2) is 30.5 Å². The van der Waals surface area contributed by atoms with Gasteiger partial charge in [0.1, 0.15) is 5.56 Å². The number of piperazine rings is 1. The van der Waals surface area contributed by atoms with E-state index in [1.165, 1.54) is 17.3 Å². The molecular weight excluding hydrogens is 368 g/mol. The fourth-order valence-electron chi connectivity index (χ4n) is 4.60. The van der Waals surface area contributed by atoms with Crippen LogP contribution in [0.4, 0.5) is 0 Å². The molecule has 1 aliphatic carbocycles. The molecule has 0 bridgehead atoms. The number of hydrogen-bond acceptors (Lipinski definition) is 4. The number of fused-ring (bicyclic) bond motifs is 1. The molecule has 2 heterocycles. The minimum absolute atomic E-state index is 0.234. The van der Waals surface area contributed by atoms with Gasteiger partial charge < -0.3 is 10.0 Å². The van der Waals surface area contributed by atoms with Gasteiger partial charge in [-0.2, -0.15) is 5.10 Å². The van der Waals surface area contributed by atoms with Crippen LogP contribution in [0, 0.1) is 0 Å². The topological polar surface area (TPSA) is 78.7 Å². The van der Waals surface area contributed by atoms with Gasteiger partial charge in [0, 0.05) is 46.2 Å². The van der Waals surface area contributed by atoms with Crippen molar-refractivity contribution in [3.8, 4) is 0 Å². The monoisotopic (exact) mass is 396 g/mol. The van der Waals surface area contributed by atoms with E-state index in [9.17, 15) is 14.7 Å². The summed E-state index contributed by atoms with van der Waals surface area (Å²) in [5.41, 5.74) is 3.70. The molecule has 7 nitrogen and oxygen atoms in total. The molecule has 154 valence electrons. The van der Waals surface area contributed by atoms with E-state index in [4.69, 9.17) is 0 Å². The van der Waals surface area contributed by atoms with Gasteiger partial charge in [-0.1, -0.05) is 24.3 Å². The number of carboxylic acid groups (broad SMARTS) is 1. The highest BCUT2D eigenvalue weighted by atomic mass is 16.4. The van der Waals surface area contributed by atoms with Gasteiger partial charge in [-0.15, -0.1) is 0 Å². The van der Waals surface area contributed by atoms with Crippen LogP contribution in [0.2, 0.25) is 0 Å². The maximum atomic E-state index is 12.9. The number of carbonyl (C=O) groups is 2. The van der Waals surface area contributed by atoms with Crippen LogP contribution in [0.25, 0.3) is 0 Å². The molecule has 7 heteroatoms. The molecule has 2 aromatic rings. The first-order chi connectivity index (χ1) is 14.0. The summed E-state index contributed by atoms with van der Waals surface area (Å²) in [6.45, 7) is 3.41. The van der Waals surface area contributed by atoms with Crippen LogP contribution in [0.1, 0.15) is 52.4 Å². The average Bonchev–Trinajstić information content (AvgIpc) is 3.09. The van der Waals surface area contributed by atoms with Crippen molar-refractivity contribution in [2.75, 3.05) is 26.2 Å². The average molecular weight is 396 g/mol. The van der Waals surface area contributed by atoms with Gasteiger partial charge in [-0.05, 0) is 36.3 Å². The van der Waals surface area contributed by atoms with E-state index in [1.807, 2.05) is 4.90 Å². The lowest BCUT2D eigenvalue weighted by Crippen LogP contribution is -2.48. The van der Waals surface area contributed by atoms with E-state index in [-0.39, 0.29) is 11.5 Å². The van der Waals surface area contributed by atoms with Crippen LogP contribution in [0.5, 0.6) is 0 Å². The smallest absolute Gasteiger partial charge is 0.339 e. The summed E-state index contributed by atoms with van der Waals surface area (Å²) >= 11 is 0. The Labute approximate surface area is 170 Å². The van der Waals surface area contributed by atoms with Crippen molar-refractivity contribution in [2.45, 2.75) is 38.1 Å². The molecule has 2 aliphatic rings. The summed E-state index contributed by atoms with van der Waals surface area (Å²) in [5.74, 6) is -0.383. The first-order valence-corrected chi connectivity index (χ1v) is 10.3. The summed E-state index contributed by atoms with van der Waals surface area (Å²) in [5, 5.41) is 13.4. The van der Waals surface area contributed by atoms with Gasteiger partial charge in [0.2, 0.25) is 5.91 Å². The van der Waals surface area contributed by atoms with Gasteiger partial charge in [-0.3, -0.25) is 14.4 Å². The van der Waals surface area contributed by atoms with Crippen LogP contribution in [-0.4, -0.2) is 62.7 Å². The van der Waals surface area contributed by atoms with E-state index in [2.05, 4.69) is 34.3 Å². The second kappa shape index (κ2) is 8.37. The Morgan fingerprint density at radius 3 is 2.69 bits per heavy atom. The number of aromatic nitrogens is 2. The zero-order valence-corrected chi connectivity index (χ0v) is 16.9. The van der Waals surface area contributed by atoms with Crippen molar-refractivity contribution in [1.82, 2.24) is 19.6 Å². The van der Waals surface area contributed by atoms with E-state index in [0.29, 0.717) is 37.7 Å². The van der Waals surface area contributed by atoms with Crippen LogP contribution >= 0.6 is 0 Å². The first-order valence-electron chi connectivity index (χ1n) is 10.3. The second-order valence-corrected chi connectivity index (χ2v) is 8.08. The Bertz CT molecular complexity index is 899. The third-order valence-corrected chi connectivity index (χ3v) is 6.30. The molecule has 1 amide bonds. The van der Waals surface area contributed by atoms with Crippen LogP contribution in [-0.2, 0) is 24.8 Å². The lowest BCUT2D eigenvalue weighted by Gasteiger charge is -2.36. The van der Waals surface area contributed by atoms with Gasteiger partial charge in [0.15, 0.2) is 0 Å². The fourth-order valence-corrected chi connectivity index (χ4v) is 4.60. The Kier molecular flexibility index (Phi) is 5.67. The second-order valence-electron chi connectivity index (χ2n) is 8.08. The zero-order chi connectivity index (χ0) is 20.4. The maximum Gasteiger partial charge on any atom is 0.339 e. The SMILES string of the molecule is Cn1ncc(C(=O)O)c1CN1CCN(C(=O)CC2CCCc3ccccc32)CC1. The normalized spacial score (nSPS) is 19.8. The molecule has 1 aromatic heterocycles. The molecule has 0 spiro atoms. The van der Waals surface area contributed by atoms with Crippen molar-refractivity contribution in [3.63, 3.8) is 0 Å². The summed E-state index contributed by atoms with van der Waals surface area (Å²) < 4.78 is 1.63. The van der Waals surface area contributed by atoms with Crippen molar-refractivity contribution < 1.29 is 14.7 Å². The fraction of sp³-hybridized carbons (Fsp3) is 0.500. The highest BCUT2D eigenvalue weighted by molar-refractivity contribution is 5.88. The minimum atomic E-state index is -0.949. The number of rotatable bonds is 5. The predicted octanol–water partition coefficient (Wildman–Crippen LogP) is 2.27. The molecule has 1 aromatic carbocycles. The predicted molar refractivity (Wildman–Crippen MR) is 109 cm³/mol. The molecule has 1 N–H and O–H groups in total. The Balaban J connectivity index is 1.33. The Morgan fingerprint density at radius 1 is 1.17 bits per heavy atom. The van der Waals surface area contributed by atoms with Gasteiger partial charge >= 0.3 is 5.97 Å². The van der Waals surface area contributed by atoms with E-state index < -0.39 is 5.97 Å². The molecule has 0 radical (unpaired) electrons. The number of aryl methyl sites for hydroxylation is 2.